The van der Waals surface area contributed by atoms with Crippen LogP contribution >= 0.6 is 31.9 Å². The van der Waals surface area contributed by atoms with Crippen LogP contribution in [0.1, 0.15) is 43.0 Å². The second-order valence-electron chi connectivity index (χ2n) is 7.85. The Labute approximate surface area is 201 Å². The fourth-order valence-corrected chi connectivity index (χ4v) is 5.97. The van der Waals surface area contributed by atoms with Crippen molar-refractivity contribution in [3.8, 4) is 5.75 Å². The van der Waals surface area contributed by atoms with Gasteiger partial charge in [0.05, 0.1) is 22.8 Å². The fourth-order valence-electron chi connectivity index (χ4n) is 4.69. The quantitative estimate of drug-likeness (QED) is 0.549. The Hall–Kier alpha value is -1.28. The molecule has 2 atom stereocenters. The maximum absolute atomic E-state index is 13.0. The average molecular weight is 560 g/mol. The molecule has 0 aromatic heterocycles. The number of fused-ring (bicyclic) bond motifs is 2. The van der Waals surface area contributed by atoms with Crippen LogP contribution in [0.2, 0.25) is 0 Å². The van der Waals surface area contributed by atoms with Crippen molar-refractivity contribution in [3.63, 3.8) is 0 Å². The predicted octanol–water partition coefficient (Wildman–Crippen LogP) is 1.84. The summed E-state index contributed by atoms with van der Waals surface area (Å²) in [5.41, 5.74) is 8.38. The third-order valence-corrected chi connectivity index (χ3v) is 7.53. The summed E-state index contributed by atoms with van der Waals surface area (Å²) >= 11 is 6.86. The summed E-state index contributed by atoms with van der Waals surface area (Å²) in [6.07, 6.45) is 4.36. The number of amides is 1. The molecule has 2 fully saturated rings. The lowest BCUT2D eigenvalue weighted by Crippen LogP contribution is -3.00. The topological polar surface area (TPSA) is 67.6 Å². The van der Waals surface area contributed by atoms with Crippen LogP contribution in [-0.4, -0.2) is 36.0 Å². The molecule has 2 aromatic rings. The first-order valence-corrected chi connectivity index (χ1v) is 11.5. The van der Waals surface area contributed by atoms with Crippen LogP contribution in [0.15, 0.2) is 45.3 Å². The third-order valence-electron chi connectivity index (χ3n) is 6.09. The number of methoxy groups -OCH3 is 1. The number of carbonyl (C=O) groups is 1. The number of piperidine rings is 1. The maximum atomic E-state index is 13.0. The smallest absolute Gasteiger partial charge is 1.00 e. The molecule has 5 nitrogen and oxygen atoms in total. The molecule has 0 radical (unpaired) electrons. The lowest BCUT2D eigenvalue weighted by atomic mass is 9.96. The first-order valence-electron chi connectivity index (χ1n) is 9.90. The number of nitrogens with one attached hydrogen (secondary N) is 1. The number of halogens is 3. The van der Waals surface area contributed by atoms with Crippen molar-refractivity contribution < 1.29 is 23.4 Å². The molecule has 30 heavy (non-hydrogen) atoms. The molecule has 162 valence electrons. The van der Waals surface area contributed by atoms with Crippen LogP contribution in [0.5, 0.6) is 5.75 Å². The molecule has 2 bridgehead atoms. The molecular formula is C22H26Br2ClN3O2. The van der Waals surface area contributed by atoms with Gasteiger partial charge in [-0.3, -0.25) is 9.69 Å². The zero-order valence-electron chi connectivity index (χ0n) is 17.7. The van der Waals surface area contributed by atoms with Gasteiger partial charge in [-0.15, -0.1) is 0 Å². The van der Waals surface area contributed by atoms with Crippen molar-refractivity contribution in [2.24, 2.45) is 0 Å². The summed E-state index contributed by atoms with van der Waals surface area (Å²) in [6.45, 7) is 0.989. The van der Waals surface area contributed by atoms with Gasteiger partial charge in [0.25, 0.3) is 5.91 Å². The highest BCUT2D eigenvalue weighted by Gasteiger charge is 2.41. The summed E-state index contributed by atoms with van der Waals surface area (Å²) in [7, 11) is 1.55. The minimum Gasteiger partial charge on any atom is -1.00 e. The third kappa shape index (κ3) is 4.64. The lowest BCUT2D eigenvalue weighted by Gasteiger charge is -2.39. The van der Waals surface area contributed by atoms with Gasteiger partial charge in [0, 0.05) is 29.1 Å². The van der Waals surface area contributed by atoms with Crippen LogP contribution in [0.3, 0.4) is 0 Å². The van der Waals surface area contributed by atoms with Crippen LogP contribution < -0.4 is 28.2 Å². The van der Waals surface area contributed by atoms with Crippen molar-refractivity contribution in [3.05, 3.63) is 56.5 Å². The summed E-state index contributed by atoms with van der Waals surface area (Å²) in [5, 5.41) is 3.24. The Morgan fingerprint density at radius 2 is 1.87 bits per heavy atom. The summed E-state index contributed by atoms with van der Waals surface area (Å²) in [4.78, 5) is 15.6. The van der Waals surface area contributed by atoms with Crippen molar-refractivity contribution in [2.75, 3.05) is 12.8 Å². The van der Waals surface area contributed by atoms with Crippen molar-refractivity contribution >= 4 is 43.5 Å². The van der Waals surface area contributed by atoms with Gasteiger partial charge in [-0.1, -0.05) is 30.3 Å². The summed E-state index contributed by atoms with van der Waals surface area (Å²) in [6, 6.07) is 13.6. The highest BCUT2D eigenvalue weighted by atomic mass is 79.9. The number of rotatable bonds is 5. The van der Waals surface area contributed by atoms with E-state index in [9.17, 15) is 4.79 Å². The number of nitrogen functional groups attached to an aromatic ring is 1. The van der Waals surface area contributed by atoms with E-state index in [4.69, 9.17) is 10.5 Å². The molecule has 8 heteroatoms. The van der Waals surface area contributed by atoms with Gasteiger partial charge in [-0.25, -0.2) is 0 Å². The van der Waals surface area contributed by atoms with Crippen LogP contribution in [0.25, 0.3) is 0 Å². The fraction of sp³-hybridized carbons (Fsp3) is 0.409. The van der Waals surface area contributed by atoms with E-state index in [2.05, 4.69) is 72.4 Å². The first kappa shape index (κ1) is 23.4. The molecule has 0 saturated carbocycles. The van der Waals surface area contributed by atoms with E-state index in [-0.39, 0.29) is 25.8 Å². The molecule has 2 heterocycles. The van der Waals surface area contributed by atoms with E-state index in [0.29, 0.717) is 38.0 Å². The molecule has 2 saturated heterocycles. The molecule has 2 aliphatic heterocycles. The summed E-state index contributed by atoms with van der Waals surface area (Å²) < 4.78 is 6.71. The number of carbonyl (C=O) groups excluding carboxylic acids is 1. The van der Waals surface area contributed by atoms with Crippen LogP contribution in [0, 0.1) is 0 Å². The Kier molecular flexibility index (Phi) is 7.71. The highest BCUT2D eigenvalue weighted by molar-refractivity contribution is 9.11. The molecule has 0 spiro atoms. The van der Waals surface area contributed by atoms with E-state index in [0.717, 1.165) is 19.4 Å². The lowest BCUT2D eigenvalue weighted by molar-refractivity contribution is -0.0000162. The number of nitrogens with two attached hydrogens (primary N) is 1. The van der Waals surface area contributed by atoms with E-state index in [1.807, 2.05) is 0 Å². The Morgan fingerprint density at radius 1 is 1.23 bits per heavy atom. The molecule has 1 amide bonds. The number of anilines is 1. The van der Waals surface area contributed by atoms with Gasteiger partial charge in [-0.05, 0) is 69.2 Å². The molecule has 3 N–H and O–H groups in total. The van der Waals surface area contributed by atoms with Gasteiger partial charge in [-0.2, -0.15) is 0 Å². The zero-order chi connectivity index (χ0) is 20.5. The Morgan fingerprint density at radius 3 is 2.47 bits per heavy atom. The van der Waals surface area contributed by atoms with Crippen molar-refractivity contribution in [2.45, 2.75) is 50.4 Å². The molecule has 0 aliphatic carbocycles. The van der Waals surface area contributed by atoms with E-state index < -0.39 is 0 Å². The van der Waals surface area contributed by atoms with Gasteiger partial charge < -0.3 is 28.2 Å². The Balaban J connectivity index is 0.00000171. The van der Waals surface area contributed by atoms with Gasteiger partial charge in [0.15, 0.2) is 0 Å². The van der Waals surface area contributed by atoms with Crippen molar-refractivity contribution in [1.29, 1.82) is 0 Å². The van der Waals surface area contributed by atoms with Gasteiger partial charge in [0.1, 0.15) is 5.75 Å². The van der Waals surface area contributed by atoms with Crippen LogP contribution in [0.4, 0.5) is 5.69 Å². The second-order valence-corrected chi connectivity index (χ2v) is 9.50. The van der Waals surface area contributed by atoms with E-state index in [1.165, 1.54) is 18.4 Å². The highest BCUT2D eigenvalue weighted by Crippen LogP contribution is 2.40. The first-order chi connectivity index (χ1) is 14.0. The van der Waals surface area contributed by atoms with E-state index in [1.54, 1.807) is 13.2 Å². The minimum atomic E-state index is -0.121. The molecule has 4 rings (SSSR count). The maximum Gasteiger partial charge on any atom is 1.00 e. The minimum absolute atomic E-state index is 0. The summed E-state index contributed by atoms with van der Waals surface area (Å²) in [5.74, 6) is 0.344. The van der Waals surface area contributed by atoms with E-state index >= 15 is 0 Å². The normalized spacial score (nSPS) is 23.0. The number of hydrogen-bond acceptors (Lipinski definition) is 4. The molecule has 2 unspecified atom stereocenters. The number of hydrogen-bond donors (Lipinski definition) is 2. The van der Waals surface area contributed by atoms with Gasteiger partial charge >= 0.3 is 1.43 Å². The number of ether oxygens (including phenoxy) is 1. The zero-order valence-corrected chi connectivity index (χ0v) is 20.6. The standard InChI is InChI=1S/C22H25Br2N3O2.ClH/c1-29-21-17(11-18(23)20(25)19(21)24)22(28)26-14-9-15-7-8-16(10-14)27(15)12-13-5-3-2-4-6-13;/h2-6,11,14-16H,7-10,12,25H2,1H3,(H,26,28);1H. The molecular weight excluding hydrogens is 534 g/mol. The number of nitrogens with zero attached hydrogens (tertiary/aromatic N) is 1. The number of benzene rings is 2. The molecule has 2 aliphatic rings. The second kappa shape index (κ2) is 9.90. The van der Waals surface area contributed by atoms with Crippen molar-refractivity contribution in [1.82, 2.24) is 10.2 Å². The SMILES string of the molecule is COc1c(C(=O)NC2CC3CCC(C2)N3Cc2ccccc2)cc(Br)c(N)c1Br.[Cl-].[H+]. The largest absolute Gasteiger partial charge is 1.00 e. The molecule has 2 aromatic carbocycles. The average Bonchev–Trinajstić information content (AvgIpc) is 2.95. The van der Waals surface area contributed by atoms with Gasteiger partial charge in [0.2, 0.25) is 0 Å². The van der Waals surface area contributed by atoms with Crippen LogP contribution in [-0.2, 0) is 6.54 Å². The Bertz CT molecular complexity index is 905. The monoisotopic (exact) mass is 557 g/mol. The predicted molar refractivity (Wildman–Crippen MR) is 123 cm³/mol.